The number of Topliss-reactive ketones (excluding diaryl/α,β-unsaturated/α-hetero) is 1. The van der Waals surface area contributed by atoms with E-state index in [9.17, 15) is 14.4 Å². The van der Waals surface area contributed by atoms with Crippen LogP contribution in [0, 0.1) is 0 Å². The Kier molecular flexibility index (Phi) is 4.33. The average Bonchev–Trinajstić information content (AvgIpc) is 2.64. The van der Waals surface area contributed by atoms with Gasteiger partial charge in [-0.25, -0.2) is 9.78 Å². The van der Waals surface area contributed by atoms with Crippen LogP contribution < -0.4 is 5.32 Å². The number of nitrogens with one attached hydrogen (secondary N) is 1. The molecule has 0 saturated heterocycles. The molecule has 0 aliphatic rings. The third-order valence-electron chi connectivity index (χ3n) is 1.85. The van der Waals surface area contributed by atoms with Crippen LogP contribution in [0.5, 0.6) is 0 Å². The van der Waals surface area contributed by atoms with Crippen LogP contribution in [0.4, 0.5) is 5.13 Å². The highest BCUT2D eigenvalue weighted by Crippen LogP contribution is 2.16. The third-order valence-corrected chi connectivity index (χ3v) is 2.61. The summed E-state index contributed by atoms with van der Waals surface area (Å²) < 4.78 is 4.86. The molecule has 1 heterocycles. The molecule has 1 aromatic rings. The van der Waals surface area contributed by atoms with Crippen molar-refractivity contribution < 1.29 is 19.1 Å². The molecular weight excluding hydrogens is 244 g/mol. The van der Waals surface area contributed by atoms with Crippen molar-refractivity contribution in [2.75, 3.05) is 5.32 Å². The van der Waals surface area contributed by atoms with Crippen molar-refractivity contribution in [3.05, 3.63) is 11.1 Å². The van der Waals surface area contributed by atoms with Gasteiger partial charge in [-0.3, -0.25) is 9.59 Å². The number of aromatic nitrogens is 1. The monoisotopic (exact) mass is 256 g/mol. The van der Waals surface area contributed by atoms with Crippen molar-refractivity contribution in [3.8, 4) is 0 Å². The molecular formula is C10H12N2O4S. The molecule has 0 aromatic carbocycles. The Morgan fingerprint density at radius 2 is 2.06 bits per heavy atom. The molecule has 1 rings (SSSR count). The summed E-state index contributed by atoms with van der Waals surface area (Å²) >= 11 is 1.11. The molecule has 1 atom stereocenters. The molecule has 1 unspecified atom stereocenters. The maximum absolute atomic E-state index is 11.5. The van der Waals surface area contributed by atoms with E-state index in [0.29, 0.717) is 5.13 Å². The molecule has 1 N–H and O–H groups in total. The summed E-state index contributed by atoms with van der Waals surface area (Å²) in [5.41, 5.74) is 0.0758. The minimum atomic E-state index is -0.798. The van der Waals surface area contributed by atoms with E-state index in [4.69, 9.17) is 4.74 Å². The van der Waals surface area contributed by atoms with Gasteiger partial charge in [0.2, 0.25) is 5.91 Å². The second-order valence-corrected chi connectivity index (χ2v) is 4.24. The molecule has 0 aliphatic carbocycles. The molecule has 7 heteroatoms. The Hall–Kier alpha value is -1.76. The van der Waals surface area contributed by atoms with Gasteiger partial charge in [0.1, 0.15) is 0 Å². The number of carbonyl (C=O) groups is 3. The summed E-state index contributed by atoms with van der Waals surface area (Å²) in [6, 6.07) is 0. The van der Waals surface area contributed by atoms with Crippen LogP contribution in [-0.4, -0.2) is 28.7 Å². The van der Waals surface area contributed by atoms with E-state index < -0.39 is 12.1 Å². The molecule has 6 nitrogen and oxygen atoms in total. The van der Waals surface area contributed by atoms with Gasteiger partial charge in [0, 0.05) is 12.3 Å². The summed E-state index contributed by atoms with van der Waals surface area (Å²) in [5, 5.41) is 4.23. The molecule has 1 amide bonds. The van der Waals surface area contributed by atoms with Crippen LogP contribution in [0.1, 0.15) is 31.3 Å². The van der Waals surface area contributed by atoms with Gasteiger partial charge >= 0.3 is 5.97 Å². The lowest BCUT2D eigenvalue weighted by Crippen LogP contribution is -2.22. The summed E-state index contributed by atoms with van der Waals surface area (Å²) in [5.74, 6) is -1.19. The third kappa shape index (κ3) is 3.95. The number of carbonyl (C=O) groups excluding carboxylic acids is 3. The number of ketones is 1. The average molecular weight is 256 g/mol. The number of rotatable bonds is 4. The first-order valence-electron chi connectivity index (χ1n) is 4.84. The fourth-order valence-corrected chi connectivity index (χ4v) is 1.61. The standard InChI is InChI=1S/C10H12N2O4S/c1-5(13)6(2)16-9(15)8-4-17-10(12-8)11-7(3)14/h4,6H,1-3H3,(H,11,12,14). The zero-order chi connectivity index (χ0) is 13.0. The Labute approximate surface area is 102 Å². The first-order valence-corrected chi connectivity index (χ1v) is 5.72. The number of anilines is 1. The number of ether oxygens (including phenoxy) is 1. The van der Waals surface area contributed by atoms with Crippen LogP contribution in [0.15, 0.2) is 5.38 Å². The normalized spacial score (nSPS) is 11.7. The topological polar surface area (TPSA) is 85.4 Å². The van der Waals surface area contributed by atoms with E-state index in [1.165, 1.54) is 26.2 Å². The van der Waals surface area contributed by atoms with Crippen molar-refractivity contribution >= 4 is 34.1 Å². The number of hydrogen-bond acceptors (Lipinski definition) is 6. The van der Waals surface area contributed by atoms with Crippen molar-refractivity contribution in [2.24, 2.45) is 0 Å². The minimum Gasteiger partial charge on any atom is -0.450 e. The van der Waals surface area contributed by atoms with Crippen molar-refractivity contribution in [2.45, 2.75) is 26.9 Å². The molecule has 0 saturated carbocycles. The molecule has 0 radical (unpaired) electrons. The number of nitrogens with zero attached hydrogens (tertiary/aromatic N) is 1. The highest BCUT2D eigenvalue weighted by atomic mass is 32.1. The van der Waals surface area contributed by atoms with Gasteiger partial charge in [-0.2, -0.15) is 0 Å². The number of esters is 1. The summed E-state index contributed by atoms with van der Waals surface area (Å²) in [6.07, 6.45) is -0.798. The van der Waals surface area contributed by atoms with Gasteiger partial charge in [-0.1, -0.05) is 0 Å². The number of thiazole rings is 1. The Balaban J connectivity index is 2.67. The summed E-state index contributed by atoms with van der Waals surface area (Å²) in [4.78, 5) is 37.0. The maximum atomic E-state index is 11.5. The molecule has 0 aliphatic heterocycles. The molecule has 0 spiro atoms. The van der Waals surface area contributed by atoms with Gasteiger partial charge in [-0.15, -0.1) is 11.3 Å². The second-order valence-electron chi connectivity index (χ2n) is 3.38. The van der Waals surface area contributed by atoms with Crippen LogP contribution >= 0.6 is 11.3 Å². The highest BCUT2D eigenvalue weighted by Gasteiger charge is 2.18. The summed E-state index contributed by atoms with van der Waals surface area (Å²) in [7, 11) is 0. The quantitative estimate of drug-likeness (QED) is 0.819. The van der Waals surface area contributed by atoms with Crippen molar-refractivity contribution in [3.63, 3.8) is 0 Å². The maximum Gasteiger partial charge on any atom is 0.358 e. The first kappa shape index (κ1) is 13.3. The predicted molar refractivity (Wildman–Crippen MR) is 62.0 cm³/mol. The van der Waals surface area contributed by atoms with Crippen molar-refractivity contribution in [1.29, 1.82) is 0 Å². The van der Waals surface area contributed by atoms with E-state index in [1.54, 1.807) is 0 Å². The molecule has 92 valence electrons. The molecule has 0 bridgehead atoms. The Morgan fingerprint density at radius 3 is 2.59 bits per heavy atom. The zero-order valence-corrected chi connectivity index (χ0v) is 10.5. The molecule has 0 fully saturated rings. The molecule has 1 aromatic heterocycles. The van der Waals surface area contributed by atoms with Gasteiger partial charge in [0.15, 0.2) is 22.7 Å². The van der Waals surface area contributed by atoms with Crippen LogP contribution in [-0.2, 0) is 14.3 Å². The SMILES string of the molecule is CC(=O)Nc1nc(C(=O)OC(C)C(C)=O)cs1. The second kappa shape index (κ2) is 5.53. The predicted octanol–water partition coefficient (Wildman–Crippen LogP) is 1.24. The lowest BCUT2D eigenvalue weighted by Gasteiger charge is -2.07. The summed E-state index contributed by atoms with van der Waals surface area (Å²) in [6.45, 7) is 4.17. The van der Waals surface area contributed by atoms with E-state index >= 15 is 0 Å². The number of hydrogen-bond donors (Lipinski definition) is 1. The van der Waals surface area contributed by atoms with Gasteiger partial charge < -0.3 is 10.1 Å². The van der Waals surface area contributed by atoms with Crippen LogP contribution in [0.3, 0.4) is 0 Å². The first-order chi connectivity index (χ1) is 7.90. The lowest BCUT2D eigenvalue weighted by atomic mass is 10.3. The lowest BCUT2D eigenvalue weighted by molar-refractivity contribution is -0.124. The van der Waals surface area contributed by atoms with E-state index in [1.807, 2.05) is 0 Å². The Bertz CT molecular complexity index is 455. The molecule has 17 heavy (non-hydrogen) atoms. The van der Waals surface area contributed by atoms with Crippen LogP contribution in [0.2, 0.25) is 0 Å². The smallest absolute Gasteiger partial charge is 0.358 e. The van der Waals surface area contributed by atoms with Crippen molar-refractivity contribution in [1.82, 2.24) is 4.98 Å². The largest absolute Gasteiger partial charge is 0.450 e. The van der Waals surface area contributed by atoms with Gasteiger partial charge in [0.25, 0.3) is 0 Å². The van der Waals surface area contributed by atoms with E-state index in [-0.39, 0.29) is 17.4 Å². The fourth-order valence-electron chi connectivity index (χ4n) is 0.879. The van der Waals surface area contributed by atoms with Gasteiger partial charge in [0.05, 0.1) is 0 Å². The van der Waals surface area contributed by atoms with Gasteiger partial charge in [-0.05, 0) is 13.8 Å². The number of amides is 1. The van der Waals surface area contributed by atoms with E-state index in [0.717, 1.165) is 11.3 Å². The fraction of sp³-hybridized carbons (Fsp3) is 0.400. The zero-order valence-electron chi connectivity index (χ0n) is 9.64. The highest BCUT2D eigenvalue weighted by molar-refractivity contribution is 7.14. The van der Waals surface area contributed by atoms with Crippen LogP contribution in [0.25, 0.3) is 0 Å². The Morgan fingerprint density at radius 1 is 1.41 bits per heavy atom. The van der Waals surface area contributed by atoms with E-state index in [2.05, 4.69) is 10.3 Å². The minimum absolute atomic E-state index is 0.0758.